The zero-order valence-corrected chi connectivity index (χ0v) is 9.76. The van der Waals surface area contributed by atoms with Crippen LogP contribution in [0.1, 0.15) is 24.8 Å². The molecule has 1 aliphatic carbocycles. The van der Waals surface area contributed by atoms with Crippen LogP contribution in [0.2, 0.25) is 0 Å². The first-order valence-corrected chi connectivity index (χ1v) is 6.05. The molecule has 2 rings (SSSR count). The fourth-order valence-electron chi connectivity index (χ4n) is 2.33. The summed E-state index contributed by atoms with van der Waals surface area (Å²) in [5.41, 5.74) is 0.943. The molecule has 2 atom stereocenters. The van der Waals surface area contributed by atoms with E-state index >= 15 is 0 Å². The minimum atomic E-state index is -0.125. The molecular formula is C13H19NO3. The number of aliphatic hydroxyl groups is 1. The first-order valence-electron chi connectivity index (χ1n) is 6.05. The van der Waals surface area contributed by atoms with Crippen molar-refractivity contribution in [2.24, 2.45) is 5.92 Å². The predicted molar refractivity (Wildman–Crippen MR) is 64.8 cm³/mol. The largest absolute Gasteiger partial charge is 0.504 e. The number of aliphatic hydroxyl groups excluding tert-OH is 1. The molecule has 17 heavy (non-hydrogen) atoms. The standard InChI is InChI=1S/C13H19NO3/c15-11-3-1-9(5-11)7-14-8-10-2-4-12(16)13(17)6-10/h2,4,6,9,11,14-17H,1,3,5,7-8H2. The third kappa shape index (κ3) is 3.35. The number of hydrogen-bond acceptors (Lipinski definition) is 4. The summed E-state index contributed by atoms with van der Waals surface area (Å²) in [4.78, 5) is 0. The fraction of sp³-hybridized carbons (Fsp3) is 0.538. The molecule has 1 aliphatic rings. The molecule has 0 radical (unpaired) electrons. The lowest BCUT2D eigenvalue weighted by atomic mass is 10.1. The normalized spacial score (nSPS) is 24.1. The van der Waals surface area contributed by atoms with Crippen LogP contribution in [0.25, 0.3) is 0 Å². The van der Waals surface area contributed by atoms with Crippen LogP contribution in [0.4, 0.5) is 0 Å². The molecule has 1 aromatic carbocycles. The summed E-state index contributed by atoms with van der Waals surface area (Å²) in [6.07, 6.45) is 2.74. The first kappa shape index (κ1) is 12.2. The molecule has 0 aliphatic heterocycles. The fourth-order valence-corrected chi connectivity index (χ4v) is 2.33. The molecule has 0 aromatic heterocycles. The van der Waals surface area contributed by atoms with E-state index in [0.717, 1.165) is 31.4 Å². The van der Waals surface area contributed by atoms with Crippen LogP contribution in [0.5, 0.6) is 11.5 Å². The van der Waals surface area contributed by atoms with Crippen LogP contribution in [-0.2, 0) is 6.54 Å². The Balaban J connectivity index is 1.76. The molecule has 0 spiro atoms. The van der Waals surface area contributed by atoms with Crippen molar-refractivity contribution in [3.05, 3.63) is 23.8 Å². The molecule has 0 saturated heterocycles. The van der Waals surface area contributed by atoms with Gasteiger partial charge < -0.3 is 20.6 Å². The van der Waals surface area contributed by atoms with Gasteiger partial charge in [-0.1, -0.05) is 6.07 Å². The zero-order valence-electron chi connectivity index (χ0n) is 9.76. The monoisotopic (exact) mass is 237 g/mol. The second kappa shape index (κ2) is 5.38. The minimum Gasteiger partial charge on any atom is -0.504 e. The second-order valence-electron chi connectivity index (χ2n) is 4.79. The average molecular weight is 237 g/mol. The summed E-state index contributed by atoms with van der Waals surface area (Å²) >= 11 is 0. The van der Waals surface area contributed by atoms with Crippen molar-refractivity contribution in [3.8, 4) is 11.5 Å². The summed E-state index contributed by atoms with van der Waals surface area (Å²) in [6.45, 7) is 1.55. The van der Waals surface area contributed by atoms with E-state index in [1.165, 1.54) is 6.07 Å². The predicted octanol–water partition coefficient (Wildman–Crippen LogP) is 1.35. The molecule has 4 N–H and O–H groups in total. The maximum Gasteiger partial charge on any atom is 0.157 e. The Labute approximate surface area is 101 Å². The molecule has 1 fully saturated rings. The van der Waals surface area contributed by atoms with Crippen LogP contribution in [0, 0.1) is 5.92 Å². The summed E-state index contributed by atoms with van der Waals surface area (Å²) in [7, 11) is 0. The van der Waals surface area contributed by atoms with E-state index in [-0.39, 0.29) is 17.6 Å². The maximum atomic E-state index is 9.39. The summed E-state index contributed by atoms with van der Waals surface area (Å²) in [5, 5.41) is 31.2. The van der Waals surface area contributed by atoms with E-state index in [4.69, 9.17) is 0 Å². The topological polar surface area (TPSA) is 72.7 Å². The number of aromatic hydroxyl groups is 2. The quantitative estimate of drug-likeness (QED) is 0.596. The number of benzene rings is 1. The minimum absolute atomic E-state index is 0.0828. The molecular weight excluding hydrogens is 218 g/mol. The van der Waals surface area contributed by atoms with Crippen LogP contribution in [0.3, 0.4) is 0 Å². The van der Waals surface area contributed by atoms with Gasteiger partial charge in [0.1, 0.15) is 0 Å². The SMILES string of the molecule is Oc1ccc(CNCC2CCC(O)C2)cc1O. The summed E-state index contributed by atoms with van der Waals surface area (Å²) < 4.78 is 0. The molecule has 4 heteroatoms. The highest BCUT2D eigenvalue weighted by Crippen LogP contribution is 2.26. The van der Waals surface area contributed by atoms with Crippen LogP contribution in [-0.4, -0.2) is 28.0 Å². The van der Waals surface area contributed by atoms with Gasteiger partial charge in [-0.05, 0) is 49.4 Å². The van der Waals surface area contributed by atoms with Gasteiger partial charge in [0.2, 0.25) is 0 Å². The highest BCUT2D eigenvalue weighted by molar-refractivity contribution is 5.40. The third-order valence-electron chi connectivity index (χ3n) is 3.32. The van der Waals surface area contributed by atoms with E-state index in [0.29, 0.717) is 12.5 Å². The van der Waals surface area contributed by atoms with Gasteiger partial charge in [0.25, 0.3) is 0 Å². The van der Waals surface area contributed by atoms with Gasteiger partial charge in [0.05, 0.1) is 6.10 Å². The molecule has 94 valence electrons. The van der Waals surface area contributed by atoms with Gasteiger partial charge in [-0.3, -0.25) is 0 Å². The Morgan fingerprint density at radius 2 is 2.00 bits per heavy atom. The van der Waals surface area contributed by atoms with Gasteiger partial charge in [0, 0.05) is 6.54 Å². The molecule has 2 unspecified atom stereocenters. The van der Waals surface area contributed by atoms with Gasteiger partial charge in [-0.2, -0.15) is 0 Å². The number of phenolic OH excluding ortho intramolecular Hbond substituents is 2. The Morgan fingerprint density at radius 3 is 2.65 bits per heavy atom. The van der Waals surface area contributed by atoms with Gasteiger partial charge in [-0.25, -0.2) is 0 Å². The number of rotatable bonds is 4. The van der Waals surface area contributed by atoms with Crippen molar-refractivity contribution in [1.82, 2.24) is 5.32 Å². The van der Waals surface area contributed by atoms with Crippen molar-refractivity contribution in [2.45, 2.75) is 31.9 Å². The van der Waals surface area contributed by atoms with Gasteiger partial charge in [-0.15, -0.1) is 0 Å². The summed E-state index contributed by atoms with van der Waals surface area (Å²) in [5.74, 6) is 0.379. The van der Waals surface area contributed by atoms with Crippen LogP contribution in [0.15, 0.2) is 18.2 Å². The Bertz CT molecular complexity index is 381. The van der Waals surface area contributed by atoms with Gasteiger partial charge in [0.15, 0.2) is 11.5 Å². The van der Waals surface area contributed by atoms with E-state index in [1.54, 1.807) is 12.1 Å². The van der Waals surface area contributed by atoms with Gasteiger partial charge >= 0.3 is 0 Å². The lowest BCUT2D eigenvalue weighted by Gasteiger charge is -2.11. The van der Waals surface area contributed by atoms with Crippen molar-refractivity contribution in [1.29, 1.82) is 0 Å². The first-order chi connectivity index (χ1) is 8.15. The summed E-state index contributed by atoms with van der Waals surface area (Å²) in [6, 6.07) is 4.84. The Hall–Kier alpha value is -1.26. The molecule has 0 bridgehead atoms. The van der Waals surface area contributed by atoms with E-state index in [2.05, 4.69) is 5.32 Å². The Kier molecular flexibility index (Phi) is 3.86. The molecule has 1 aromatic rings. The number of nitrogens with one attached hydrogen (secondary N) is 1. The van der Waals surface area contributed by atoms with Crippen molar-refractivity contribution < 1.29 is 15.3 Å². The lowest BCUT2D eigenvalue weighted by molar-refractivity contribution is 0.177. The van der Waals surface area contributed by atoms with Crippen molar-refractivity contribution >= 4 is 0 Å². The molecule has 0 amide bonds. The second-order valence-corrected chi connectivity index (χ2v) is 4.79. The Morgan fingerprint density at radius 1 is 1.18 bits per heavy atom. The number of hydrogen-bond donors (Lipinski definition) is 4. The zero-order chi connectivity index (χ0) is 12.3. The third-order valence-corrected chi connectivity index (χ3v) is 3.32. The lowest BCUT2D eigenvalue weighted by Crippen LogP contribution is -2.21. The van der Waals surface area contributed by atoms with Crippen molar-refractivity contribution in [3.63, 3.8) is 0 Å². The molecule has 0 heterocycles. The van der Waals surface area contributed by atoms with E-state index in [1.807, 2.05) is 0 Å². The smallest absolute Gasteiger partial charge is 0.157 e. The number of phenols is 2. The van der Waals surface area contributed by atoms with E-state index < -0.39 is 0 Å². The highest BCUT2D eigenvalue weighted by Gasteiger charge is 2.21. The molecule has 4 nitrogen and oxygen atoms in total. The maximum absolute atomic E-state index is 9.39. The van der Waals surface area contributed by atoms with Crippen LogP contribution < -0.4 is 5.32 Å². The highest BCUT2D eigenvalue weighted by atomic mass is 16.3. The van der Waals surface area contributed by atoms with Crippen molar-refractivity contribution in [2.75, 3.05) is 6.54 Å². The van der Waals surface area contributed by atoms with E-state index in [9.17, 15) is 15.3 Å². The molecule has 1 saturated carbocycles. The van der Waals surface area contributed by atoms with Crippen LogP contribution >= 0.6 is 0 Å². The average Bonchev–Trinajstić information content (AvgIpc) is 2.70.